The number of hydrogen-bond donors (Lipinski definition) is 1. The first-order chi connectivity index (χ1) is 6.56. The van der Waals surface area contributed by atoms with Gasteiger partial charge in [0, 0.05) is 4.47 Å². The Balaban J connectivity index is 0.00000196. The van der Waals surface area contributed by atoms with Gasteiger partial charge in [-0.1, -0.05) is 28.1 Å². The summed E-state index contributed by atoms with van der Waals surface area (Å²) in [5.74, 6) is -0.436. The fraction of sp³-hybridized carbons (Fsp3) is 0.300. The molecule has 0 radical (unpaired) electrons. The zero-order valence-electron chi connectivity index (χ0n) is 8.49. The van der Waals surface area contributed by atoms with Crippen molar-refractivity contribution in [2.75, 3.05) is 7.11 Å². The first-order valence-corrected chi connectivity index (χ1v) is 4.95. The molecule has 0 spiro atoms. The fourth-order valence-corrected chi connectivity index (χ4v) is 1.88. The van der Waals surface area contributed by atoms with Crippen LogP contribution in [0.3, 0.4) is 0 Å². The van der Waals surface area contributed by atoms with Gasteiger partial charge in [-0.3, -0.25) is 4.79 Å². The summed E-state index contributed by atoms with van der Waals surface area (Å²) in [5, 5.41) is 0. The summed E-state index contributed by atoms with van der Waals surface area (Å²) in [4.78, 5) is 11.2. The summed E-state index contributed by atoms with van der Waals surface area (Å²) in [7, 11) is 1.32. The molecule has 84 valence electrons. The number of methoxy groups -OCH3 is 1. The van der Waals surface area contributed by atoms with Crippen LogP contribution in [0.4, 0.5) is 0 Å². The van der Waals surface area contributed by atoms with Crippen LogP contribution in [-0.2, 0) is 9.53 Å². The van der Waals surface area contributed by atoms with Crippen LogP contribution in [0.5, 0.6) is 0 Å². The van der Waals surface area contributed by atoms with Gasteiger partial charge >= 0.3 is 5.97 Å². The minimum Gasteiger partial charge on any atom is -0.468 e. The van der Waals surface area contributed by atoms with Gasteiger partial charge in [0.05, 0.1) is 7.11 Å². The first kappa shape index (κ1) is 14.4. The van der Waals surface area contributed by atoms with Crippen LogP contribution < -0.4 is 5.73 Å². The van der Waals surface area contributed by atoms with Crippen LogP contribution in [0.2, 0.25) is 0 Å². The number of rotatable bonds is 2. The van der Waals surface area contributed by atoms with E-state index in [2.05, 4.69) is 20.7 Å². The van der Waals surface area contributed by atoms with E-state index in [1.54, 1.807) is 0 Å². The van der Waals surface area contributed by atoms with Gasteiger partial charge in [-0.05, 0) is 24.1 Å². The van der Waals surface area contributed by atoms with E-state index in [0.29, 0.717) is 0 Å². The summed E-state index contributed by atoms with van der Waals surface area (Å²) >= 11 is 3.36. The number of ether oxygens (including phenoxy) is 1. The van der Waals surface area contributed by atoms with Crippen molar-refractivity contribution in [3.05, 3.63) is 33.8 Å². The van der Waals surface area contributed by atoms with Crippen LogP contribution in [0.1, 0.15) is 17.2 Å². The van der Waals surface area contributed by atoms with Crippen molar-refractivity contribution in [1.29, 1.82) is 0 Å². The number of carbonyl (C=O) groups is 1. The van der Waals surface area contributed by atoms with Gasteiger partial charge in [-0.15, -0.1) is 12.4 Å². The predicted octanol–water partition coefficient (Wildman–Crippen LogP) is 2.35. The maximum absolute atomic E-state index is 11.2. The Morgan fingerprint density at radius 2 is 2.13 bits per heavy atom. The van der Waals surface area contributed by atoms with Gasteiger partial charge in [0.25, 0.3) is 0 Å². The third-order valence-electron chi connectivity index (χ3n) is 1.95. The van der Waals surface area contributed by atoms with E-state index in [1.165, 1.54) is 7.11 Å². The molecule has 0 bridgehead atoms. The fourth-order valence-electron chi connectivity index (χ4n) is 1.14. The Bertz CT molecular complexity index is 357. The highest BCUT2D eigenvalue weighted by Gasteiger charge is 2.18. The number of benzene rings is 1. The van der Waals surface area contributed by atoms with Crippen LogP contribution >= 0.6 is 28.3 Å². The lowest BCUT2D eigenvalue weighted by atomic mass is 10.1. The summed E-state index contributed by atoms with van der Waals surface area (Å²) in [6.45, 7) is 1.97. The lowest BCUT2D eigenvalue weighted by Gasteiger charge is -2.11. The molecule has 15 heavy (non-hydrogen) atoms. The zero-order valence-corrected chi connectivity index (χ0v) is 10.9. The molecule has 0 unspecified atom stereocenters. The summed E-state index contributed by atoms with van der Waals surface area (Å²) in [6, 6.07) is 4.91. The molecule has 2 N–H and O–H groups in total. The Labute approximate surface area is 104 Å². The Morgan fingerprint density at radius 3 is 2.60 bits per heavy atom. The lowest BCUT2D eigenvalue weighted by Crippen LogP contribution is -2.22. The maximum atomic E-state index is 11.2. The molecule has 1 aromatic rings. The Kier molecular flexibility index (Phi) is 5.87. The van der Waals surface area contributed by atoms with Crippen molar-refractivity contribution < 1.29 is 9.53 Å². The second kappa shape index (κ2) is 6.10. The molecule has 0 fully saturated rings. The van der Waals surface area contributed by atoms with Crippen LogP contribution in [0.25, 0.3) is 0 Å². The highest BCUT2D eigenvalue weighted by Crippen LogP contribution is 2.23. The number of aryl methyl sites for hydroxylation is 1. The minimum atomic E-state index is -0.727. The van der Waals surface area contributed by atoms with Crippen LogP contribution in [-0.4, -0.2) is 13.1 Å². The molecule has 0 saturated heterocycles. The molecular weight excluding hydrogens is 281 g/mol. The smallest absolute Gasteiger partial charge is 0.327 e. The number of halogens is 2. The topological polar surface area (TPSA) is 52.3 Å². The maximum Gasteiger partial charge on any atom is 0.327 e. The van der Waals surface area contributed by atoms with Crippen molar-refractivity contribution in [2.24, 2.45) is 5.73 Å². The number of hydrogen-bond acceptors (Lipinski definition) is 3. The molecule has 0 heterocycles. The highest BCUT2D eigenvalue weighted by atomic mass is 79.9. The van der Waals surface area contributed by atoms with Crippen molar-refractivity contribution in [2.45, 2.75) is 13.0 Å². The van der Waals surface area contributed by atoms with Gasteiger partial charge in [-0.25, -0.2) is 0 Å². The third kappa shape index (κ3) is 3.48. The SMILES string of the molecule is COC(=O)[C@H](N)c1ccc(C)cc1Br.Cl. The van der Waals surface area contributed by atoms with Crippen molar-refractivity contribution >= 4 is 34.3 Å². The van der Waals surface area contributed by atoms with Gasteiger partial charge in [-0.2, -0.15) is 0 Å². The largest absolute Gasteiger partial charge is 0.468 e. The molecule has 3 nitrogen and oxygen atoms in total. The number of carbonyl (C=O) groups excluding carboxylic acids is 1. The van der Waals surface area contributed by atoms with Gasteiger partial charge in [0.1, 0.15) is 6.04 Å². The Morgan fingerprint density at radius 1 is 1.53 bits per heavy atom. The zero-order chi connectivity index (χ0) is 10.7. The first-order valence-electron chi connectivity index (χ1n) is 4.15. The van der Waals surface area contributed by atoms with Gasteiger partial charge in [0.2, 0.25) is 0 Å². The average molecular weight is 295 g/mol. The van der Waals surface area contributed by atoms with Crippen molar-refractivity contribution in [1.82, 2.24) is 0 Å². The normalized spacial score (nSPS) is 11.5. The highest BCUT2D eigenvalue weighted by molar-refractivity contribution is 9.10. The Hall–Kier alpha value is -0.580. The molecule has 1 rings (SSSR count). The molecule has 1 aromatic carbocycles. The molecule has 0 saturated carbocycles. The second-order valence-corrected chi connectivity index (χ2v) is 3.88. The van der Waals surface area contributed by atoms with E-state index in [-0.39, 0.29) is 12.4 Å². The van der Waals surface area contributed by atoms with E-state index in [1.807, 2.05) is 25.1 Å². The van der Waals surface area contributed by atoms with Crippen molar-refractivity contribution in [3.63, 3.8) is 0 Å². The second-order valence-electron chi connectivity index (χ2n) is 3.03. The summed E-state index contributed by atoms with van der Waals surface area (Å²) in [5.41, 5.74) is 7.54. The molecule has 0 aliphatic carbocycles. The van der Waals surface area contributed by atoms with Crippen LogP contribution in [0, 0.1) is 6.92 Å². The summed E-state index contributed by atoms with van der Waals surface area (Å²) < 4.78 is 5.40. The quantitative estimate of drug-likeness (QED) is 0.852. The van der Waals surface area contributed by atoms with E-state index in [0.717, 1.165) is 15.6 Å². The molecule has 0 aliphatic heterocycles. The van der Waals surface area contributed by atoms with E-state index in [9.17, 15) is 4.79 Å². The lowest BCUT2D eigenvalue weighted by molar-refractivity contribution is -0.142. The number of nitrogens with two attached hydrogens (primary N) is 1. The van der Waals surface area contributed by atoms with Crippen molar-refractivity contribution in [3.8, 4) is 0 Å². The summed E-state index contributed by atoms with van der Waals surface area (Å²) in [6.07, 6.45) is 0. The van der Waals surface area contributed by atoms with Gasteiger partial charge in [0.15, 0.2) is 0 Å². The van der Waals surface area contributed by atoms with E-state index >= 15 is 0 Å². The van der Waals surface area contributed by atoms with E-state index < -0.39 is 12.0 Å². The van der Waals surface area contributed by atoms with Gasteiger partial charge < -0.3 is 10.5 Å². The molecule has 0 aliphatic rings. The molecule has 5 heteroatoms. The molecule has 1 atom stereocenters. The monoisotopic (exact) mass is 293 g/mol. The van der Waals surface area contributed by atoms with Crippen LogP contribution in [0.15, 0.2) is 22.7 Å². The average Bonchev–Trinajstić information content (AvgIpc) is 2.15. The number of esters is 1. The standard InChI is InChI=1S/C10H12BrNO2.ClH/c1-6-3-4-7(8(11)5-6)9(12)10(13)14-2;/h3-5,9H,12H2,1-2H3;1H/t9-;/m1./s1. The molecule has 0 aromatic heterocycles. The molecule has 0 amide bonds. The third-order valence-corrected chi connectivity index (χ3v) is 2.63. The molecular formula is C10H13BrClNO2. The van der Waals surface area contributed by atoms with E-state index in [4.69, 9.17) is 5.73 Å². The predicted molar refractivity (Wildman–Crippen MR) is 65.1 cm³/mol. The minimum absolute atomic E-state index is 0.